The molecule has 2 aromatic heterocycles. The van der Waals surface area contributed by atoms with E-state index in [9.17, 15) is 9.59 Å². The highest BCUT2D eigenvalue weighted by atomic mass is 16.5. The van der Waals surface area contributed by atoms with E-state index in [1.165, 1.54) is 0 Å². The molecular weight excluding hydrogens is 620 g/mol. The van der Waals surface area contributed by atoms with Crippen LogP contribution in [0.1, 0.15) is 34.0 Å². The van der Waals surface area contributed by atoms with E-state index >= 15 is 0 Å². The topological polar surface area (TPSA) is 192 Å². The second-order valence-corrected chi connectivity index (χ2v) is 11.0. The summed E-state index contributed by atoms with van der Waals surface area (Å²) in [6, 6.07) is 15.8. The van der Waals surface area contributed by atoms with E-state index in [2.05, 4.69) is 33.3 Å². The Bertz CT molecular complexity index is 1820. The first-order chi connectivity index (χ1) is 23.3. The lowest BCUT2D eigenvalue weighted by molar-refractivity contribution is 0.0894. The van der Waals surface area contributed by atoms with Crippen LogP contribution in [0.5, 0.6) is 17.2 Å². The van der Waals surface area contributed by atoms with E-state index in [0.29, 0.717) is 54.8 Å². The van der Waals surface area contributed by atoms with Gasteiger partial charge in [-0.1, -0.05) is 22.4 Å². The van der Waals surface area contributed by atoms with E-state index in [-0.39, 0.29) is 35.4 Å². The number of carbonyl (C=O) groups excluding carboxylic acids is 2. The summed E-state index contributed by atoms with van der Waals surface area (Å²) in [5.74, 6) is 1.49. The van der Waals surface area contributed by atoms with Gasteiger partial charge in [0.1, 0.15) is 17.1 Å². The van der Waals surface area contributed by atoms with Crippen molar-refractivity contribution in [1.29, 1.82) is 10.5 Å². The molecule has 0 spiro atoms. The van der Waals surface area contributed by atoms with Crippen LogP contribution in [0.15, 0.2) is 63.6 Å². The van der Waals surface area contributed by atoms with Crippen molar-refractivity contribution in [3.05, 3.63) is 66.1 Å². The molecular formula is C33H34N8O7. The number of nitrogens with one attached hydrogen (secondary N) is 2. The second-order valence-electron chi connectivity index (χ2n) is 11.0. The molecule has 2 fully saturated rings. The Morgan fingerprint density at radius 3 is 1.77 bits per heavy atom. The molecule has 0 saturated carbocycles. The number of ether oxygens (including phenoxy) is 3. The molecule has 4 aromatic rings. The maximum absolute atomic E-state index is 12.3. The summed E-state index contributed by atoms with van der Waals surface area (Å²) in [7, 11) is 4.70. The van der Waals surface area contributed by atoms with Crippen molar-refractivity contribution in [2.24, 2.45) is 0 Å². The third-order valence-corrected chi connectivity index (χ3v) is 7.84. The van der Waals surface area contributed by atoms with Gasteiger partial charge in [0.2, 0.25) is 11.5 Å². The van der Waals surface area contributed by atoms with Crippen LogP contribution in [0.4, 0.5) is 0 Å². The van der Waals surface area contributed by atoms with Crippen molar-refractivity contribution in [3.8, 4) is 52.1 Å². The fraction of sp³-hybridized carbons (Fsp3) is 0.333. The standard InChI is InChI=1S/C17H18N4O4.C16H16N4O3/c1-23-14-4-3-11(7-15(14)24-2)13-8-16(25-20-13)17(22)19-12-5-6-21(9-12)10-18;1-22-13-4-2-3-11(7-13)14-8-15(23-19-14)16(21)18-12-5-6-20(9-12)10-17/h3-4,7-8,12H,5-6,9H2,1-2H3,(H,19,22);2-4,7-8,12H,5-6,9H2,1H3,(H,18,21)/t2*12-/m11/s1. The number of hydrogen-bond donors (Lipinski definition) is 2. The Morgan fingerprint density at radius 1 is 0.750 bits per heavy atom. The van der Waals surface area contributed by atoms with Crippen LogP contribution >= 0.6 is 0 Å². The molecule has 2 atom stereocenters. The molecule has 2 aliphatic rings. The fourth-order valence-electron chi connectivity index (χ4n) is 5.27. The smallest absolute Gasteiger partial charge is 0.290 e. The molecule has 0 aliphatic carbocycles. The first-order valence-corrected chi connectivity index (χ1v) is 15.0. The molecule has 0 radical (unpaired) electrons. The van der Waals surface area contributed by atoms with Crippen LogP contribution in [0, 0.1) is 22.9 Å². The lowest BCUT2D eigenvalue weighted by Gasteiger charge is -2.10. The van der Waals surface area contributed by atoms with Gasteiger partial charge in [0.25, 0.3) is 11.8 Å². The number of methoxy groups -OCH3 is 3. The largest absolute Gasteiger partial charge is 0.497 e. The average Bonchev–Trinajstić information content (AvgIpc) is 3.95. The monoisotopic (exact) mass is 654 g/mol. The summed E-state index contributed by atoms with van der Waals surface area (Å²) >= 11 is 0. The van der Waals surface area contributed by atoms with E-state index < -0.39 is 0 Å². The minimum absolute atomic E-state index is 0.0486. The quantitative estimate of drug-likeness (QED) is 0.250. The van der Waals surface area contributed by atoms with Crippen LogP contribution in [0.2, 0.25) is 0 Å². The van der Waals surface area contributed by atoms with Crippen molar-refractivity contribution >= 4 is 11.8 Å². The fourth-order valence-corrected chi connectivity index (χ4v) is 5.27. The predicted molar refractivity (Wildman–Crippen MR) is 170 cm³/mol. The van der Waals surface area contributed by atoms with Gasteiger partial charge in [-0.15, -0.1) is 0 Å². The predicted octanol–water partition coefficient (Wildman–Crippen LogP) is 3.28. The van der Waals surface area contributed by atoms with Gasteiger partial charge in [-0.25, -0.2) is 0 Å². The number of hydrogen-bond acceptors (Lipinski definition) is 13. The van der Waals surface area contributed by atoms with Crippen LogP contribution in [0.25, 0.3) is 22.5 Å². The number of likely N-dealkylation sites (tertiary alicyclic amines) is 2. The molecule has 15 nitrogen and oxygen atoms in total. The van der Waals surface area contributed by atoms with Gasteiger partial charge >= 0.3 is 0 Å². The zero-order chi connectivity index (χ0) is 34.0. The zero-order valence-electron chi connectivity index (χ0n) is 26.6. The van der Waals surface area contributed by atoms with Gasteiger partial charge in [0, 0.05) is 61.5 Å². The number of nitrogens with zero attached hydrogens (tertiary/aromatic N) is 6. The van der Waals surface area contributed by atoms with Gasteiger partial charge in [-0.05, 0) is 43.2 Å². The Kier molecular flexibility index (Phi) is 10.6. The number of benzene rings is 2. The third kappa shape index (κ3) is 7.94. The molecule has 4 heterocycles. The first-order valence-electron chi connectivity index (χ1n) is 15.0. The van der Waals surface area contributed by atoms with E-state index in [1.807, 2.05) is 30.3 Å². The number of nitriles is 2. The molecule has 2 aliphatic heterocycles. The van der Waals surface area contributed by atoms with Gasteiger partial charge in [0.05, 0.1) is 21.3 Å². The SMILES string of the molecule is COc1ccc(-c2cc(C(=O)N[C@@H]3CCN(C#N)C3)on2)cc1OC.COc1cccc(-c2cc(C(=O)N[C@@H]3CCN(C#N)C3)on2)c1. The number of rotatable bonds is 9. The Balaban J connectivity index is 0.000000188. The van der Waals surface area contributed by atoms with Crippen molar-refractivity contribution in [1.82, 2.24) is 30.7 Å². The molecule has 0 unspecified atom stereocenters. The highest BCUT2D eigenvalue weighted by Gasteiger charge is 2.26. The average molecular weight is 655 g/mol. The highest BCUT2D eigenvalue weighted by molar-refractivity contribution is 5.93. The van der Waals surface area contributed by atoms with Crippen molar-refractivity contribution in [2.75, 3.05) is 47.5 Å². The van der Waals surface area contributed by atoms with Gasteiger partial charge < -0.3 is 43.7 Å². The van der Waals surface area contributed by atoms with Crippen LogP contribution in [0.3, 0.4) is 0 Å². The molecule has 248 valence electrons. The summed E-state index contributed by atoms with van der Waals surface area (Å²) in [4.78, 5) is 27.7. The number of amides is 2. The summed E-state index contributed by atoms with van der Waals surface area (Å²) in [6.45, 7) is 2.35. The van der Waals surface area contributed by atoms with E-state index in [4.69, 9.17) is 33.8 Å². The van der Waals surface area contributed by atoms with E-state index in [0.717, 1.165) is 24.0 Å². The van der Waals surface area contributed by atoms with E-state index in [1.54, 1.807) is 55.4 Å². The zero-order valence-corrected chi connectivity index (χ0v) is 26.6. The molecule has 2 amide bonds. The Morgan fingerprint density at radius 2 is 1.29 bits per heavy atom. The first kappa shape index (κ1) is 33.2. The van der Waals surface area contributed by atoms with Crippen LogP contribution in [-0.4, -0.2) is 91.5 Å². The van der Waals surface area contributed by atoms with Gasteiger partial charge in [-0.2, -0.15) is 10.5 Å². The Labute approximate surface area is 276 Å². The normalized spacial score (nSPS) is 16.6. The van der Waals surface area contributed by atoms with Gasteiger partial charge in [-0.3, -0.25) is 9.59 Å². The maximum atomic E-state index is 12.3. The summed E-state index contributed by atoms with van der Waals surface area (Å²) in [5.41, 5.74) is 2.65. The molecule has 0 bridgehead atoms. The molecule has 2 saturated heterocycles. The number of aromatic nitrogens is 2. The van der Waals surface area contributed by atoms with Crippen molar-refractivity contribution < 1.29 is 32.8 Å². The Hall–Kier alpha value is -6.22. The van der Waals surface area contributed by atoms with Crippen molar-refractivity contribution in [2.45, 2.75) is 24.9 Å². The third-order valence-electron chi connectivity index (χ3n) is 7.84. The summed E-state index contributed by atoms with van der Waals surface area (Å²) < 4.78 is 25.9. The molecule has 48 heavy (non-hydrogen) atoms. The lowest BCUT2D eigenvalue weighted by atomic mass is 10.1. The second kappa shape index (κ2) is 15.4. The molecule has 15 heteroatoms. The lowest BCUT2D eigenvalue weighted by Crippen LogP contribution is -2.36. The molecule has 2 aromatic carbocycles. The summed E-state index contributed by atoms with van der Waals surface area (Å²) in [5, 5.41) is 31.3. The van der Waals surface area contributed by atoms with Crippen LogP contribution in [-0.2, 0) is 0 Å². The minimum atomic E-state index is -0.344. The maximum Gasteiger partial charge on any atom is 0.290 e. The number of carbonyl (C=O) groups is 2. The summed E-state index contributed by atoms with van der Waals surface area (Å²) in [6.07, 6.45) is 5.63. The highest BCUT2D eigenvalue weighted by Crippen LogP contribution is 2.32. The van der Waals surface area contributed by atoms with Crippen molar-refractivity contribution in [3.63, 3.8) is 0 Å². The van der Waals surface area contributed by atoms with Gasteiger partial charge in [0.15, 0.2) is 23.9 Å². The minimum Gasteiger partial charge on any atom is -0.497 e. The molecule has 6 rings (SSSR count). The van der Waals surface area contributed by atoms with Crippen LogP contribution < -0.4 is 24.8 Å². The molecule has 2 N–H and O–H groups in total.